The van der Waals surface area contributed by atoms with Gasteiger partial charge in [0.05, 0.1) is 27.0 Å². The zero-order valence-electron chi connectivity index (χ0n) is 26.7. The van der Waals surface area contributed by atoms with E-state index in [-0.39, 0.29) is 28.6 Å². The first kappa shape index (κ1) is 31.8. The Morgan fingerprint density at radius 1 is 1.00 bits per heavy atom. The fourth-order valence-electron chi connectivity index (χ4n) is 5.83. The molecule has 1 N–H and O–H groups in total. The van der Waals surface area contributed by atoms with Crippen LogP contribution in [0.25, 0.3) is 5.70 Å². The number of aryl methyl sites for hydroxylation is 1. The average Bonchev–Trinajstić information content (AvgIpc) is 3.43. The Morgan fingerprint density at radius 3 is 2.20 bits per heavy atom. The normalized spacial score (nSPS) is 17.0. The molecule has 1 aliphatic rings. The van der Waals surface area contributed by atoms with Crippen molar-refractivity contribution in [3.8, 4) is 29.5 Å². The minimum absolute atomic E-state index is 0.126. The van der Waals surface area contributed by atoms with Crippen LogP contribution in [0.4, 0.5) is 5.69 Å². The first-order valence-corrected chi connectivity index (χ1v) is 14.4. The number of nitrogens with zero attached hydrogens (tertiary/aromatic N) is 2. The van der Waals surface area contributed by atoms with Crippen molar-refractivity contribution in [2.45, 2.75) is 91.9 Å². The quantitative estimate of drug-likeness (QED) is 0.261. The Morgan fingerprint density at radius 2 is 1.63 bits per heavy atom. The molecule has 4 rings (SSSR count). The van der Waals surface area contributed by atoms with E-state index in [1.54, 1.807) is 12.1 Å². The number of rotatable bonds is 10. The molecule has 3 aromatic rings. The Balaban J connectivity index is 0.00000226. The molecule has 0 radical (unpaired) electrons. The number of hydrogen-bond acceptors (Lipinski definition) is 8. The maximum absolute atomic E-state index is 6.42. The summed E-state index contributed by atoms with van der Waals surface area (Å²) in [6.07, 6.45) is 4.65. The summed E-state index contributed by atoms with van der Waals surface area (Å²) in [6, 6.07) is 6.05. The van der Waals surface area contributed by atoms with E-state index in [0.29, 0.717) is 23.1 Å². The molecule has 0 amide bonds. The molecule has 41 heavy (non-hydrogen) atoms. The highest BCUT2D eigenvalue weighted by atomic mass is 16.6. The Labute approximate surface area is 245 Å². The molecule has 0 spiro atoms. The molecule has 2 heterocycles. The van der Waals surface area contributed by atoms with Crippen LogP contribution in [-0.4, -0.2) is 31.3 Å². The van der Waals surface area contributed by atoms with Gasteiger partial charge in [-0.1, -0.05) is 60.6 Å². The van der Waals surface area contributed by atoms with E-state index < -0.39 is 0 Å². The average molecular weight is 566 g/mol. The highest BCUT2D eigenvalue weighted by molar-refractivity contribution is 5.78. The molecular formula is C33H47N3O5. The third kappa shape index (κ3) is 6.31. The number of fused-ring (bicyclic) bond motifs is 1. The van der Waals surface area contributed by atoms with Gasteiger partial charge in [-0.15, -0.1) is 0 Å². The molecule has 0 aliphatic heterocycles. The number of ether oxygens (including phenoxy) is 4. The van der Waals surface area contributed by atoms with Crippen LogP contribution in [0.15, 0.2) is 29.2 Å². The molecule has 0 saturated heterocycles. The molecular weight excluding hydrogens is 518 g/mol. The molecule has 0 bridgehead atoms. The number of furan rings is 1. The molecule has 0 saturated carbocycles. The van der Waals surface area contributed by atoms with E-state index in [0.717, 1.165) is 24.2 Å². The van der Waals surface area contributed by atoms with Gasteiger partial charge in [0.25, 0.3) is 5.95 Å². The summed E-state index contributed by atoms with van der Waals surface area (Å²) in [6.45, 7) is 21.8. The van der Waals surface area contributed by atoms with Gasteiger partial charge in [0, 0.05) is 6.07 Å². The topological polar surface area (TPSA) is 87.9 Å². The third-order valence-corrected chi connectivity index (χ3v) is 7.89. The maximum atomic E-state index is 6.42. The summed E-state index contributed by atoms with van der Waals surface area (Å²) in [4.78, 5) is 8.44. The molecule has 8 nitrogen and oxygen atoms in total. The minimum Gasteiger partial charge on any atom is -0.479 e. The Bertz CT molecular complexity index is 1350. The van der Waals surface area contributed by atoms with E-state index in [1.165, 1.54) is 50.9 Å². The van der Waals surface area contributed by atoms with Crippen LogP contribution in [-0.2, 0) is 10.8 Å². The monoisotopic (exact) mass is 565 g/mol. The molecule has 2 aromatic heterocycles. The number of anilines is 1. The summed E-state index contributed by atoms with van der Waals surface area (Å²) < 4.78 is 28.4. The van der Waals surface area contributed by atoms with Crippen LogP contribution in [0.2, 0.25) is 0 Å². The van der Waals surface area contributed by atoms with Gasteiger partial charge in [0.2, 0.25) is 11.8 Å². The molecule has 8 heteroatoms. The van der Waals surface area contributed by atoms with Gasteiger partial charge in [0.1, 0.15) is 5.75 Å². The van der Waals surface area contributed by atoms with E-state index >= 15 is 0 Å². The van der Waals surface area contributed by atoms with Crippen molar-refractivity contribution in [2.75, 3.05) is 26.6 Å². The van der Waals surface area contributed by atoms with E-state index in [2.05, 4.69) is 69.5 Å². The molecule has 1 aliphatic carbocycles. The molecule has 0 fully saturated rings. The standard InChI is InChI=1S/C31H41N3O5.C2H6/c1-11-14-31(7)16-15-30(5,6)21-17-18(2)26(19(3)24(21)31)39-23-13-12-22(38-23)20(4)32-25-27(35-8)33-29(37-10)34-28(25)36-9;1-2/h12-13,17,32H,4,11,14-16H2,1-3,5-10H3;1-2H3. The lowest BCUT2D eigenvalue weighted by Gasteiger charge is -2.45. The fourth-order valence-corrected chi connectivity index (χ4v) is 5.83. The lowest BCUT2D eigenvalue weighted by atomic mass is 9.59. The van der Waals surface area contributed by atoms with Crippen LogP contribution in [0.3, 0.4) is 0 Å². The SMILES string of the molecule is C=C(Nc1c(OC)nc(OC)nc1OC)c1ccc(Oc2c(C)cc3c(c2C)C(C)(CCC)CCC3(C)C)o1.CC. The lowest BCUT2D eigenvalue weighted by Crippen LogP contribution is -2.36. The zero-order chi connectivity index (χ0) is 30.5. The Kier molecular flexibility index (Phi) is 10.0. The molecule has 224 valence electrons. The Hall–Kier alpha value is -3.68. The number of nitrogens with one attached hydrogen (secondary N) is 1. The van der Waals surface area contributed by atoms with Gasteiger partial charge in [-0.05, 0) is 72.3 Å². The van der Waals surface area contributed by atoms with Crippen molar-refractivity contribution >= 4 is 11.4 Å². The van der Waals surface area contributed by atoms with E-state index in [9.17, 15) is 0 Å². The first-order valence-electron chi connectivity index (χ1n) is 14.4. The van der Waals surface area contributed by atoms with Crippen LogP contribution in [0.5, 0.6) is 29.5 Å². The highest BCUT2D eigenvalue weighted by Crippen LogP contribution is 2.52. The van der Waals surface area contributed by atoms with Crippen LogP contribution >= 0.6 is 0 Å². The number of aromatic nitrogens is 2. The predicted octanol–water partition coefficient (Wildman–Crippen LogP) is 8.74. The summed E-state index contributed by atoms with van der Waals surface area (Å²) in [5.41, 5.74) is 6.28. The van der Waals surface area contributed by atoms with Crippen molar-refractivity contribution in [2.24, 2.45) is 0 Å². The summed E-state index contributed by atoms with van der Waals surface area (Å²) in [5, 5.41) is 3.15. The van der Waals surface area contributed by atoms with Crippen LogP contribution in [0.1, 0.15) is 95.2 Å². The van der Waals surface area contributed by atoms with Gasteiger partial charge in [0.15, 0.2) is 11.4 Å². The molecule has 1 unspecified atom stereocenters. The maximum Gasteiger partial charge on any atom is 0.322 e. The van der Waals surface area contributed by atoms with Crippen molar-refractivity contribution < 1.29 is 23.4 Å². The van der Waals surface area contributed by atoms with E-state index in [1.807, 2.05) is 13.8 Å². The van der Waals surface area contributed by atoms with Crippen molar-refractivity contribution in [1.29, 1.82) is 0 Å². The van der Waals surface area contributed by atoms with Crippen molar-refractivity contribution in [3.05, 3.63) is 52.8 Å². The summed E-state index contributed by atoms with van der Waals surface area (Å²) >= 11 is 0. The lowest BCUT2D eigenvalue weighted by molar-refractivity contribution is 0.289. The van der Waals surface area contributed by atoms with Gasteiger partial charge in [-0.3, -0.25) is 0 Å². The number of hydrogen-bond donors (Lipinski definition) is 1. The van der Waals surface area contributed by atoms with Crippen molar-refractivity contribution in [1.82, 2.24) is 9.97 Å². The predicted molar refractivity (Wildman–Crippen MR) is 165 cm³/mol. The second-order valence-corrected chi connectivity index (χ2v) is 11.2. The van der Waals surface area contributed by atoms with Crippen LogP contribution < -0.4 is 24.3 Å². The summed E-state index contributed by atoms with van der Waals surface area (Å²) in [5.74, 6) is 2.23. The second-order valence-electron chi connectivity index (χ2n) is 11.2. The number of benzene rings is 1. The second kappa shape index (κ2) is 12.9. The zero-order valence-corrected chi connectivity index (χ0v) is 26.7. The molecule has 1 aromatic carbocycles. The highest BCUT2D eigenvalue weighted by Gasteiger charge is 2.41. The van der Waals surface area contributed by atoms with Gasteiger partial charge < -0.3 is 28.7 Å². The minimum atomic E-state index is 0.126. The molecule has 1 atom stereocenters. The van der Waals surface area contributed by atoms with Crippen molar-refractivity contribution in [3.63, 3.8) is 0 Å². The largest absolute Gasteiger partial charge is 0.479 e. The van der Waals surface area contributed by atoms with Gasteiger partial charge >= 0.3 is 6.01 Å². The smallest absolute Gasteiger partial charge is 0.322 e. The first-order chi connectivity index (χ1) is 19.5. The van der Waals surface area contributed by atoms with Gasteiger partial charge in [-0.2, -0.15) is 9.97 Å². The summed E-state index contributed by atoms with van der Waals surface area (Å²) in [7, 11) is 4.48. The third-order valence-electron chi connectivity index (χ3n) is 7.89. The van der Waals surface area contributed by atoms with Crippen LogP contribution in [0, 0.1) is 13.8 Å². The van der Waals surface area contributed by atoms with E-state index in [4.69, 9.17) is 23.4 Å². The number of methoxy groups -OCH3 is 3. The fraction of sp³-hybridized carbons (Fsp3) is 0.515. The van der Waals surface area contributed by atoms with Gasteiger partial charge in [-0.25, -0.2) is 0 Å².